The molecule has 0 aliphatic heterocycles. The van der Waals surface area contributed by atoms with Gasteiger partial charge in [0.1, 0.15) is 11.6 Å². The first-order chi connectivity index (χ1) is 8.79. The van der Waals surface area contributed by atoms with Gasteiger partial charge in [0.15, 0.2) is 0 Å². The highest BCUT2D eigenvalue weighted by molar-refractivity contribution is 5.95. The van der Waals surface area contributed by atoms with Crippen LogP contribution < -0.4 is 11.3 Å². The Hall–Kier alpha value is -1.63. The fraction of sp³-hybridized carbons (Fsp3) is 0.417. The number of nitrogen functional groups attached to an aromatic ring is 1. The second-order valence-corrected chi connectivity index (χ2v) is 4.57. The molecule has 0 bridgehead atoms. The summed E-state index contributed by atoms with van der Waals surface area (Å²) in [5.74, 6) is 1.77. The minimum Gasteiger partial charge on any atom is -0.290 e. The molecule has 1 aliphatic rings. The van der Waals surface area contributed by atoms with Crippen LogP contribution in [0.15, 0.2) is 24.3 Å². The molecule has 0 radical (unpaired) electrons. The quantitative estimate of drug-likeness (QED) is 0.385. The Labute approximate surface area is 106 Å². The number of hydrogen-bond acceptors (Lipinski definition) is 2. The zero-order chi connectivity index (χ0) is 14.3. The summed E-state index contributed by atoms with van der Waals surface area (Å²) in [6.45, 7) is 0. The van der Waals surface area contributed by atoms with E-state index >= 15 is 0 Å². The van der Waals surface area contributed by atoms with Crippen molar-refractivity contribution < 1.29 is 22.4 Å². The molecule has 1 aliphatic carbocycles. The average Bonchev–Trinajstić information content (AvgIpc) is 3.05. The highest BCUT2D eigenvalue weighted by Gasteiger charge is 2.62. The Morgan fingerprint density at radius 1 is 1.32 bits per heavy atom. The topological polar surface area (TPSA) is 55.1 Å². The lowest BCUT2D eigenvalue weighted by molar-refractivity contribution is -0.168. The van der Waals surface area contributed by atoms with Gasteiger partial charge >= 0.3 is 6.18 Å². The molecule has 3 N–H and O–H groups in total. The standard InChI is InChI=1S/C12H12F4N2O/c13-11(5-6-11)9(12(14,15)16)7-3-1-2-4-8(7)10(19)18-17/h1-4,9H,5-6,17H2,(H,18,19). The number of hydrogen-bond donors (Lipinski definition) is 2. The zero-order valence-electron chi connectivity index (χ0n) is 9.80. The number of alkyl halides is 4. The van der Waals surface area contributed by atoms with Crippen molar-refractivity contribution in [2.75, 3.05) is 0 Å². The van der Waals surface area contributed by atoms with Crippen molar-refractivity contribution in [3.05, 3.63) is 35.4 Å². The third kappa shape index (κ3) is 2.56. The molecular formula is C12H12F4N2O. The van der Waals surface area contributed by atoms with Crippen LogP contribution in [0.25, 0.3) is 0 Å². The highest BCUT2D eigenvalue weighted by Crippen LogP contribution is 2.57. The highest BCUT2D eigenvalue weighted by atomic mass is 19.4. The molecular weight excluding hydrogens is 264 g/mol. The summed E-state index contributed by atoms with van der Waals surface area (Å²) in [5.41, 5.74) is -1.18. The predicted molar refractivity (Wildman–Crippen MR) is 60.0 cm³/mol. The Bertz CT molecular complexity index is 492. The summed E-state index contributed by atoms with van der Waals surface area (Å²) in [4.78, 5) is 11.5. The molecule has 19 heavy (non-hydrogen) atoms. The maximum absolute atomic E-state index is 14.0. The molecule has 3 nitrogen and oxygen atoms in total. The van der Waals surface area contributed by atoms with Crippen molar-refractivity contribution >= 4 is 5.91 Å². The first-order valence-electron chi connectivity index (χ1n) is 5.65. The molecule has 1 fully saturated rings. The number of rotatable bonds is 3. The lowest BCUT2D eigenvalue weighted by atomic mass is 9.88. The minimum atomic E-state index is -4.75. The number of carbonyl (C=O) groups is 1. The Balaban J connectivity index is 2.52. The number of amides is 1. The normalized spacial score (nSPS) is 18.8. The maximum atomic E-state index is 14.0. The van der Waals surface area contributed by atoms with Crippen LogP contribution in [0.2, 0.25) is 0 Å². The monoisotopic (exact) mass is 276 g/mol. The van der Waals surface area contributed by atoms with Crippen LogP contribution in [-0.2, 0) is 0 Å². The van der Waals surface area contributed by atoms with Gasteiger partial charge in [-0.3, -0.25) is 10.2 Å². The van der Waals surface area contributed by atoms with E-state index in [2.05, 4.69) is 0 Å². The predicted octanol–water partition coefficient (Wildman–Crippen LogP) is 2.44. The summed E-state index contributed by atoms with van der Waals surface area (Å²) in [7, 11) is 0. The van der Waals surface area contributed by atoms with Crippen LogP contribution in [0.3, 0.4) is 0 Å². The number of nitrogens with two attached hydrogens (primary N) is 1. The number of halogens is 4. The van der Waals surface area contributed by atoms with Crippen molar-refractivity contribution in [1.82, 2.24) is 5.43 Å². The van der Waals surface area contributed by atoms with E-state index in [0.717, 1.165) is 6.07 Å². The Morgan fingerprint density at radius 3 is 2.37 bits per heavy atom. The molecule has 1 unspecified atom stereocenters. The lowest BCUT2D eigenvalue weighted by Crippen LogP contribution is -2.35. The van der Waals surface area contributed by atoms with Gasteiger partial charge in [0.05, 0.1) is 0 Å². The van der Waals surface area contributed by atoms with Gasteiger partial charge < -0.3 is 0 Å². The van der Waals surface area contributed by atoms with E-state index in [1.807, 2.05) is 0 Å². The van der Waals surface area contributed by atoms with E-state index < -0.39 is 23.7 Å². The summed E-state index contributed by atoms with van der Waals surface area (Å²) < 4.78 is 53.3. The van der Waals surface area contributed by atoms with E-state index in [4.69, 9.17) is 5.84 Å². The maximum Gasteiger partial charge on any atom is 0.398 e. The minimum absolute atomic E-state index is 0.157. The molecule has 104 valence electrons. The molecule has 2 rings (SSSR count). The largest absolute Gasteiger partial charge is 0.398 e. The fourth-order valence-corrected chi connectivity index (χ4v) is 2.19. The molecule has 1 saturated carbocycles. The second kappa shape index (κ2) is 4.48. The molecule has 0 aromatic heterocycles. The third-order valence-corrected chi connectivity index (χ3v) is 3.22. The second-order valence-electron chi connectivity index (χ2n) is 4.57. The number of carbonyl (C=O) groups excluding carboxylic acids is 1. The van der Waals surface area contributed by atoms with E-state index in [9.17, 15) is 22.4 Å². The van der Waals surface area contributed by atoms with Crippen molar-refractivity contribution in [1.29, 1.82) is 0 Å². The van der Waals surface area contributed by atoms with Gasteiger partial charge in [0.25, 0.3) is 5.91 Å². The Kier molecular flexibility index (Phi) is 3.25. The molecule has 0 spiro atoms. The number of benzene rings is 1. The van der Waals surface area contributed by atoms with Gasteiger partial charge in [-0.25, -0.2) is 10.2 Å². The fourth-order valence-electron chi connectivity index (χ4n) is 2.19. The molecule has 7 heteroatoms. The molecule has 1 atom stereocenters. The first kappa shape index (κ1) is 13.8. The number of nitrogens with one attached hydrogen (secondary N) is 1. The molecule has 0 heterocycles. The summed E-state index contributed by atoms with van der Waals surface area (Å²) in [5, 5.41) is 0. The van der Waals surface area contributed by atoms with Crippen molar-refractivity contribution in [2.24, 2.45) is 5.84 Å². The van der Waals surface area contributed by atoms with E-state index in [1.165, 1.54) is 18.2 Å². The van der Waals surface area contributed by atoms with Crippen LogP contribution in [0, 0.1) is 0 Å². The van der Waals surface area contributed by atoms with Gasteiger partial charge in [0.2, 0.25) is 0 Å². The van der Waals surface area contributed by atoms with Crippen LogP contribution in [-0.4, -0.2) is 17.8 Å². The Morgan fingerprint density at radius 2 is 1.89 bits per heavy atom. The molecule has 1 aromatic carbocycles. The van der Waals surface area contributed by atoms with E-state index in [-0.39, 0.29) is 24.0 Å². The average molecular weight is 276 g/mol. The van der Waals surface area contributed by atoms with E-state index in [0.29, 0.717) is 0 Å². The van der Waals surface area contributed by atoms with Gasteiger partial charge in [0, 0.05) is 5.56 Å². The lowest BCUT2D eigenvalue weighted by Gasteiger charge is -2.25. The van der Waals surface area contributed by atoms with Crippen molar-refractivity contribution in [2.45, 2.75) is 30.6 Å². The summed E-state index contributed by atoms with van der Waals surface area (Å²) >= 11 is 0. The van der Waals surface area contributed by atoms with E-state index in [1.54, 1.807) is 5.43 Å². The zero-order valence-corrected chi connectivity index (χ0v) is 9.80. The summed E-state index contributed by atoms with van der Waals surface area (Å²) in [6, 6.07) is 5.05. The smallest absolute Gasteiger partial charge is 0.290 e. The molecule has 0 saturated heterocycles. The summed E-state index contributed by atoms with van der Waals surface area (Å²) in [6.07, 6.45) is -5.07. The van der Waals surface area contributed by atoms with Gasteiger partial charge in [-0.2, -0.15) is 13.2 Å². The number of hydrazine groups is 1. The van der Waals surface area contributed by atoms with Gasteiger partial charge in [-0.15, -0.1) is 0 Å². The third-order valence-electron chi connectivity index (χ3n) is 3.22. The molecule has 1 amide bonds. The molecule has 1 aromatic rings. The van der Waals surface area contributed by atoms with Crippen LogP contribution in [0.4, 0.5) is 17.6 Å². The van der Waals surface area contributed by atoms with Gasteiger partial charge in [-0.05, 0) is 24.5 Å². The van der Waals surface area contributed by atoms with Crippen LogP contribution in [0.5, 0.6) is 0 Å². The van der Waals surface area contributed by atoms with Crippen LogP contribution in [0.1, 0.15) is 34.7 Å². The first-order valence-corrected chi connectivity index (χ1v) is 5.65. The van der Waals surface area contributed by atoms with Gasteiger partial charge in [-0.1, -0.05) is 18.2 Å². The van der Waals surface area contributed by atoms with Crippen LogP contribution >= 0.6 is 0 Å². The van der Waals surface area contributed by atoms with Crippen molar-refractivity contribution in [3.63, 3.8) is 0 Å². The van der Waals surface area contributed by atoms with Crippen molar-refractivity contribution in [3.8, 4) is 0 Å². The SMILES string of the molecule is NNC(=O)c1ccccc1C(C(F)(F)F)C1(F)CC1.